The van der Waals surface area contributed by atoms with Crippen LogP contribution in [0.5, 0.6) is 0 Å². The highest BCUT2D eigenvalue weighted by molar-refractivity contribution is 5.81. The fourth-order valence-electron chi connectivity index (χ4n) is 3.04. The number of nitro groups is 1. The number of hydrogen-bond acceptors (Lipinski definition) is 2. The molecule has 2 aromatic carbocycles. The molecule has 0 saturated carbocycles. The summed E-state index contributed by atoms with van der Waals surface area (Å²) in [6.07, 6.45) is 5.95. The average Bonchev–Trinajstić information content (AvgIpc) is 3.14. The zero-order chi connectivity index (χ0) is 17.9. The summed E-state index contributed by atoms with van der Waals surface area (Å²) in [4.78, 5) is 13.9. The molecule has 0 atom stereocenters. The van der Waals surface area contributed by atoms with Crippen molar-refractivity contribution in [3.63, 3.8) is 0 Å². The van der Waals surface area contributed by atoms with Crippen LogP contribution in [0.25, 0.3) is 28.1 Å². The summed E-state index contributed by atoms with van der Waals surface area (Å²) in [6, 6.07) is 22.6. The Morgan fingerprint density at radius 3 is 2.12 bits per heavy atom. The van der Waals surface area contributed by atoms with Crippen molar-refractivity contribution in [3.05, 3.63) is 102 Å². The maximum Gasteiger partial charge on any atom is 0.269 e. The topological polar surface area (TPSA) is 62.8 Å². The van der Waals surface area contributed by atoms with Crippen molar-refractivity contribution in [2.24, 2.45) is 0 Å². The highest BCUT2D eigenvalue weighted by Gasteiger charge is 2.23. The molecule has 4 rings (SSSR count). The molecular formula is C21H16N3O2+. The fourth-order valence-corrected chi connectivity index (χ4v) is 3.04. The summed E-state index contributed by atoms with van der Waals surface area (Å²) in [5, 5.41) is 10.9. The molecule has 0 bridgehead atoms. The summed E-state index contributed by atoms with van der Waals surface area (Å²) in [5.41, 5.74) is 5.06. The van der Waals surface area contributed by atoms with Gasteiger partial charge in [0.05, 0.1) is 10.5 Å². The van der Waals surface area contributed by atoms with Gasteiger partial charge in [0.1, 0.15) is 5.69 Å². The zero-order valence-corrected chi connectivity index (χ0v) is 13.9. The number of nitrogens with zero attached hydrogens (tertiary/aromatic N) is 2. The first-order valence-corrected chi connectivity index (χ1v) is 8.22. The molecule has 26 heavy (non-hydrogen) atoms. The molecule has 2 aromatic heterocycles. The van der Waals surface area contributed by atoms with Crippen LogP contribution in [0, 0.1) is 10.1 Å². The Kier molecular flexibility index (Phi) is 4.03. The van der Waals surface area contributed by atoms with E-state index in [0.29, 0.717) is 0 Å². The van der Waals surface area contributed by atoms with E-state index < -0.39 is 0 Å². The normalized spacial score (nSPS) is 10.6. The quantitative estimate of drug-likeness (QED) is 0.336. The van der Waals surface area contributed by atoms with Crippen molar-refractivity contribution < 1.29 is 9.49 Å². The van der Waals surface area contributed by atoms with Gasteiger partial charge in [-0.1, -0.05) is 36.4 Å². The second kappa shape index (κ2) is 6.64. The third kappa shape index (κ3) is 2.86. The molecular weight excluding hydrogens is 326 g/mol. The summed E-state index contributed by atoms with van der Waals surface area (Å²) in [6.45, 7) is 0. The first-order valence-electron chi connectivity index (χ1n) is 8.22. The molecule has 0 radical (unpaired) electrons. The average molecular weight is 342 g/mol. The van der Waals surface area contributed by atoms with Crippen LogP contribution in [0.3, 0.4) is 0 Å². The number of hydrogen-bond donors (Lipinski definition) is 1. The van der Waals surface area contributed by atoms with Crippen molar-refractivity contribution in [2.45, 2.75) is 0 Å². The van der Waals surface area contributed by atoms with Crippen LogP contribution in [-0.2, 0) is 0 Å². The molecule has 0 saturated heterocycles. The fraction of sp³-hybridized carbons (Fsp3) is 0. The molecule has 0 spiro atoms. The monoisotopic (exact) mass is 342 g/mol. The molecule has 0 unspecified atom stereocenters. The van der Waals surface area contributed by atoms with E-state index in [1.807, 2.05) is 55.0 Å². The Bertz CT molecular complexity index is 1040. The molecule has 5 nitrogen and oxygen atoms in total. The summed E-state index contributed by atoms with van der Waals surface area (Å²) >= 11 is 0. The number of nitrogens with one attached hydrogen (secondary N) is 1. The Morgan fingerprint density at radius 1 is 0.808 bits per heavy atom. The second-order valence-electron chi connectivity index (χ2n) is 5.88. The van der Waals surface area contributed by atoms with Gasteiger partial charge in [0.15, 0.2) is 12.4 Å². The largest absolute Gasteiger partial charge is 0.355 e. The van der Waals surface area contributed by atoms with E-state index in [4.69, 9.17) is 0 Å². The third-order valence-corrected chi connectivity index (χ3v) is 4.28. The van der Waals surface area contributed by atoms with Crippen LogP contribution in [0.2, 0.25) is 0 Å². The van der Waals surface area contributed by atoms with Gasteiger partial charge in [0.2, 0.25) is 5.69 Å². The minimum atomic E-state index is -0.388. The van der Waals surface area contributed by atoms with Crippen molar-refractivity contribution in [1.29, 1.82) is 0 Å². The predicted octanol–water partition coefficient (Wildman–Crippen LogP) is 4.53. The van der Waals surface area contributed by atoms with Gasteiger partial charge in [-0.25, -0.2) is 0 Å². The number of benzene rings is 2. The number of aromatic nitrogens is 2. The molecule has 0 aliphatic carbocycles. The Labute approximate surface area is 150 Å². The van der Waals surface area contributed by atoms with E-state index in [0.717, 1.165) is 28.1 Å². The van der Waals surface area contributed by atoms with E-state index in [2.05, 4.69) is 21.7 Å². The molecule has 2 heterocycles. The first kappa shape index (κ1) is 15.8. The minimum absolute atomic E-state index is 0.0810. The van der Waals surface area contributed by atoms with Crippen LogP contribution in [0.4, 0.5) is 5.69 Å². The van der Waals surface area contributed by atoms with E-state index in [1.165, 1.54) is 12.1 Å². The molecule has 0 aliphatic rings. The number of H-pyrrole nitrogens is 1. The van der Waals surface area contributed by atoms with E-state index in [-0.39, 0.29) is 10.6 Å². The number of non-ortho nitro benzene ring substituents is 1. The number of aromatic amines is 1. The van der Waals surface area contributed by atoms with Crippen molar-refractivity contribution in [3.8, 4) is 28.1 Å². The predicted molar refractivity (Wildman–Crippen MR) is 99.9 cm³/mol. The molecule has 0 aliphatic heterocycles. The molecule has 126 valence electrons. The summed E-state index contributed by atoms with van der Waals surface area (Å²) < 4.78 is 2.05. The van der Waals surface area contributed by atoms with Crippen LogP contribution in [0.1, 0.15) is 0 Å². The second-order valence-corrected chi connectivity index (χ2v) is 5.88. The van der Waals surface area contributed by atoms with E-state index in [1.54, 1.807) is 12.1 Å². The maximum absolute atomic E-state index is 10.9. The smallest absolute Gasteiger partial charge is 0.269 e. The highest BCUT2D eigenvalue weighted by atomic mass is 16.6. The Balaban J connectivity index is 1.90. The van der Waals surface area contributed by atoms with Gasteiger partial charge in [0.25, 0.3) is 5.69 Å². The summed E-state index contributed by atoms with van der Waals surface area (Å²) in [5.74, 6) is 0. The molecule has 0 amide bonds. The van der Waals surface area contributed by atoms with Crippen LogP contribution >= 0.6 is 0 Å². The minimum Gasteiger partial charge on any atom is -0.355 e. The maximum atomic E-state index is 10.9. The van der Waals surface area contributed by atoms with Gasteiger partial charge in [-0.05, 0) is 17.7 Å². The number of rotatable bonds is 4. The third-order valence-electron chi connectivity index (χ3n) is 4.28. The lowest BCUT2D eigenvalue weighted by molar-refractivity contribution is -0.594. The van der Waals surface area contributed by atoms with Gasteiger partial charge < -0.3 is 4.98 Å². The van der Waals surface area contributed by atoms with Gasteiger partial charge in [-0.2, -0.15) is 4.57 Å². The zero-order valence-electron chi connectivity index (χ0n) is 13.9. The number of pyridine rings is 1. The molecule has 4 aromatic rings. The van der Waals surface area contributed by atoms with Gasteiger partial charge >= 0.3 is 0 Å². The summed E-state index contributed by atoms with van der Waals surface area (Å²) in [7, 11) is 0. The first-order chi connectivity index (χ1) is 12.7. The standard InChI is InChI=1S/C21H16N3O2/c25-24(26)18-11-9-17(10-12-18)20-21(23-13-5-2-6-14-23)19(15-22-20)16-7-3-1-4-8-16/h1-15,22H/q+1. The lowest BCUT2D eigenvalue weighted by atomic mass is 10.0. The van der Waals surface area contributed by atoms with Gasteiger partial charge in [0, 0.05) is 36.0 Å². The van der Waals surface area contributed by atoms with E-state index >= 15 is 0 Å². The van der Waals surface area contributed by atoms with Crippen LogP contribution in [0.15, 0.2) is 91.4 Å². The van der Waals surface area contributed by atoms with Crippen molar-refractivity contribution >= 4 is 5.69 Å². The lowest BCUT2D eigenvalue weighted by Gasteiger charge is -2.03. The van der Waals surface area contributed by atoms with Crippen LogP contribution in [-0.4, -0.2) is 9.91 Å². The lowest BCUT2D eigenvalue weighted by Crippen LogP contribution is -2.30. The SMILES string of the molecule is O=[N+]([O-])c1ccc(-c2[nH]cc(-c3ccccc3)c2-[n+]2ccccc2)cc1. The van der Waals surface area contributed by atoms with Crippen LogP contribution < -0.4 is 4.57 Å². The Morgan fingerprint density at radius 2 is 1.46 bits per heavy atom. The van der Waals surface area contributed by atoms with Gasteiger partial charge in [-0.15, -0.1) is 0 Å². The Hall–Kier alpha value is -3.73. The highest BCUT2D eigenvalue weighted by Crippen LogP contribution is 2.33. The molecule has 1 N–H and O–H groups in total. The van der Waals surface area contributed by atoms with Gasteiger partial charge in [-0.3, -0.25) is 10.1 Å². The molecule has 0 fully saturated rings. The van der Waals surface area contributed by atoms with E-state index in [9.17, 15) is 10.1 Å². The molecule has 5 heteroatoms. The van der Waals surface area contributed by atoms with Crippen molar-refractivity contribution in [1.82, 2.24) is 4.98 Å². The number of nitro benzene ring substituents is 1. The van der Waals surface area contributed by atoms with Crippen molar-refractivity contribution in [2.75, 3.05) is 0 Å².